The lowest BCUT2D eigenvalue weighted by molar-refractivity contribution is 0.105. The quantitative estimate of drug-likeness (QED) is 0.110. The average molecular weight is 523 g/mol. The number of benzene rings is 3. The van der Waals surface area contributed by atoms with Gasteiger partial charge in [0.2, 0.25) is 0 Å². The van der Waals surface area contributed by atoms with Crippen LogP contribution in [-0.2, 0) is 0 Å². The molecule has 0 radical (unpaired) electrons. The van der Waals surface area contributed by atoms with E-state index in [9.17, 15) is 4.79 Å². The molecule has 0 aliphatic heterocycles. The van der Waals surface area contributed by atoms with Gasteiger partial charge in [-0.15, -0.1) is 0 Å². The monoisotopic (exact) mass is 521 g/mol. The SMILES string of the molecule is Cc1cc(C(=O)C(=Cc2c(C)ccc(N=Cc3ccco3)c2C)c2c(Cl)cccc2Cl)ccc1Cl. The Bertz CT molecular complexity index is 1450. The largest absolute Gasteiger partial charge is 0.463 e. The fourth-order valence-corrected chi connectivity index (χ4v) is 4.52. The number of Topliss-reactive ketones (excluding diaryl/α,β-unsaturated/α-hetero) is 1. The van der Waals surface area contributed by atoms with Gasteiger partial charge >= 0.3 is 0 Å². The summed E-state index contributed by atoms with van der Waals surface area (Å²) in [5.74, 6) is 0.446. The first-order chi connectivity index (χ1) is 16.8. The van der Waals surface area contributed by atoms with Crippen molar-refractivity contribution in [3.63, 3.8) is 0 Å². The molecule has 0 saturated heterocycles. The Morgan fingerprint density at radius 2 is 1.60 bits per heavy atom. The molecule has 1 heterocycles. The van der Waals surface area contributed by atoms with Crippen molar-refractivity contribution in [3.05, 3.63) is 121 Å². The standard InChI is InChI=1S/C29H22Cl3NO2/c1-17-9-12-27(33-16-21-6-5-13-35-21)19(3)22(17)15-23(28-25(31)7-4-8-26(28)32)29(34)20-10-11-24(30)18(2)14-20/h4-16H,1-3H3. The summed E-state index contributed by atoms with van der Waals surface area (Å²) in [6.45, 7) is 5.82. The number of aryl methyl sites for hydroxylation is 2. The molecule has 0 amide bonds. The van der Waals surface area contributed by atoms with Gasteiger partial charge in [-0.1, -0.05) is 46.9 Å². The van der Waals surface area contributed by atoms with Crippen molar-refractivity contribution >= 4 is 64.1 Å². The molecule has 0 aliphatic rings. The average Bonchev–Trinajstić information content (AvgIpc) is 3.35. The van der Waals surface area contributed by atoms with E-state index in [4.69, 9.17) is 39.2 Å². The molecule has 6 heteroatoms. The first kappa shape index (κ1) is 25.0. The van der Waals surface area contributed by atoms with Crippen LogP contribution in [0.15, 0.2) is 76.3 Å². The zero-order valence-corrected chi connectivity index (χ0v) is 21.7. The van der Waals surface area contributed by atoms with E-state index in [-0.39, 0.29) is 5.78 Å². The van der Waals surface area contributed by atoms with E-state index in [1.54, 1.807) is 54.9 Å². The third kappa shape index (κ3) is 5.43. The van der Waals surface area contributed by atoms with Gasteiger partial charge in [0.05, 0.1) is 28.2 Å². The summed E-state index contributed by atoms with van der Waals surface area (Å²) < 4.78 is 5.35. The number of hydrogen-bond donors (Lipinski definition) is 0. The van der Waals surface area contributed by atoms with Crippen LogP contribution in [-0.4, -0.2) is 12.0 Å². The number of carbonyl (C=O) groups is 1. The number of nitrogens with zero attached hydrogens (tertiary/aromatic N) is 1. The van der Waals surface area contributed by atoms with E-state index in [0.717, 1.165) is 27.9 Å². The Labute approximate surface area is 219 Å². The van der Waals surface area contributed by atoms with Gasteiger partial charge in [-0.25, -0.2) is 0 Å². The maximum absolute atomic E-state index is 13.8. The Hall–Kier alpha value is -3.11. The highest BCUT2D eigenvalue weighted by atomic mass is 35.5. The number of ketones is 1. The van der Waals surface area contributed by atoms with Crippen LogP contribution < -0.4 is 0 Å². The molecule has 35 heavy (non-hydrogen) atoms. The lowest BCUT2D eigenvalue weighted by atomic mass is 9.91. The Kier molecular flexibility index (Phi) is 7.61. The number of carbonyl (C=O) groups excluding carboxylic acids is 1. The summed E-state index contributed by atoms with van der Waals surface area (Å²) in [5, 5.41) is 1.38. The third-order valence-corrected chi connectivity index (χ3v) is 6.82. The summed E-state index contributed by atoms with van der Waals surface area (Å²) in [6, 6.07) is 17.9. The summed E-state index contributed by atoms with van der Waals surface area (Å²) in [7, 11) is 0. The fourth-order valence-electron chi connectivity index (χ4n) is 3.80. The number of allylic oxidation sites excluding steroid dienone is 1. The maximum Gasteiger partial charge on any atom is 0.193 e. The molecule has 3 nitrogen and oxygen atoms in total. The van der Waals surface area contributed by atoms with Crippen molar-refractivity contribution in [1.29, 1.82) is 0 Å². The molecular weight excluding hydrogens is 501 g/mol. The second-order valence-electron chi connectivity index (χ2n) is 8.16. The van der Waals surface area contributed by atoms with Gasteiger partial charge in [0, 0.05) is 21.7 Å². The zero-order chi connectivity index (χ0) is 25.1. The van der Waals surface area contributed by atoms with Crippen molar-refractivity contribution in [2.45, 2.75) is 20.8 Å². The van der Waals surface area contributed by atoms with Gasteiger partial charge < -0.3 is 4.42 Å². The van der Waals surface area contributed by atoms with Crippen LogP contribution in [0, 0.1) is 20.8 Å². The van der Waals surface area contributed by atoms with Gasteiger partial charge in [-0.05, 0) is 97.6 Å². The van der Waals surface area contributed by atoms with Crippen molar-refractivity contribution in [3.8, 4) is 0 Å². The fraction of sp³-hybridized carbons (Fsp3) is 0.103. The molecule has 4 aromatic rings. The number of hydrogen-bond acceptors (Lipinski definition) is 3. The van der Waals surface area contributed by atoms with Crippen LogP contribution in [0.25, 0.3) is 11.6 Å². The molecule has 0 atom stereocenters. The first-order valence-electron chi connectivity index (χ1n) is 10.9. The minimum Gasteiger partial charge on any atom is -0.463 e. The molecule has 0 bridgehead atoms. The van der Waals surface area contributed by atoms with Crippen molar-refractivity contribution in [1.82, 2.24) is 0 Å². The summed E-state index contributed by atoms with van der Waals surface area (Å²) in [6.07, 6.45) is 5.11. The van der Waals surface area contributed by atoms with E-state index in [1.165, 1.54) is 0 Å². The Morgan fingerprint density at radius 3 is 2.26 bits per heavy atom. The second kappa shape index (κ2) is 10.7. The summed E-state index contributed by atoms with van der Waals surface area (Å²) in [5.41, 5.74) is 5.70. The number of rotatable bonds is 6. The predicted octanol–water partition coefficient (Wildman–Crippen LogP) is 9.34. The van der Waals surface area contributed by atoms with E-state index >= 15 is 0 Å². The van der Waals surface area contributed by atoms with Gasteiger partial charge in [-0.3, -0.25) is 9.79 Å². The molecule has 0 aliphatic carbocycles. The van der Waals surface area contributed by atoms with E-state index in [2.05, 4.69) is 4.99 Å². The van der Waals surface area contributed by atoms with Crippen LogP contribution >= 0.6 is 34.8 Å². The topological polar surface area (TPSA) is 42.6 Å². The number of aliphatic imine (C=N–C) groups is 1. The number of halogens is 3. The van der Waals surface area contributed by atoms with Gasteiger partial charge in [-0.2, -0.15) is 0 Å². The number of furan rings is 1. The van der Waals surface area contributed by atoms with Crippen molar-refractivity contribution in [2.75, 3.05) is 0 Å². The minimum atomic E-state index is -0.206. The van der Waals surface area contributed by atoms with E-state index < -0.39 is 0 Å². The van der Waals surface area contributed by atoms with Gasteiger partial charge in [0.25, 0.3) is 0 Å². The molecule has 0 saturated carbocycles. The molecule has 176 valence electrons. The smallest absolute Gasteiger partial charge is 0.193 e. The molecule has 0 unspecified atom stereocenters. The van der Waals surface area contributed by atoms with Crippen LogP contribution in [0.4, 0.5) is 5.69 Å². The van der Waals surface area contributed by atoms with Crippen molar-refractivity contribution < 1.29 is 9.21 Å². The molecule has 0 N–H and O–H groups in total. The van der Waals surface area contributed by atoms with E-state index in [0.29, 0.717) is 37.5 Å². The molecular formula is C29H22Cl3NO2. The molecule has 0 fully saturated rings. The Morgan fingerprint density at radius 1 is 0.857 bits per heavy atom. The molecule has 4 rings (SSSR count). The van der Waals surface area contributed by atoms with Gasteiger partial charge in [0.1, 0.15) is 5.76 Å². The molecule has 3 aromatic carbocycles. The lowest BCUT2D eigenvalue weighted by Crippen LogP contribution is -2.05. The predicted molar refractivity (Wildman–Crippen MR) is 147 cm³/mol. The first-order valence-corrected chi connectivity index (χ1v) is 12.0. The van der Waals surface area contributed by atoms with E-state index in [1.807, 2.05) is 45.0 Å². The zero-order valence-electron chi connectivity index (χ0n) is 19.4. The van der Waals surface area contributed by atoms with Crippen molar-refractivity contribution in [2.24, 2.45) is 4.99 Å². The van der Waals surface area contributed by atoms with Crippen LogP contribution in [0.2, 0.25) is 15.1 Å². The second-order valence-corrected chi connectivity index (χ2v) is 9.38. The highest BCUT2D eigenvalue weighted by Crippen LogP contribution is 2.37. The highest BCUT2D eigenvalue weighted by Gasteiger charge is 2.21. The van der Waals surface area contributed by atoms with Crippen LogP contribution in [0.1, 0.15) is 43.9 Å². The van der Waals surface area contributed by atoms with Crippen LogP contribution in [0.5, 0.6) is 0 Å². The summed E-state index contributed by atoms with van der Waals surface area (Å²) >= 11 is 19.3. The lowest BCUT2D eigenvalue weighted by Gasteiger charge is -2.15. The molecule has 1 aromatic heterocycles. The Balaban J connectivity index is 1.90. The maximum atomic E-state index is 13.8. The molecule has 0 spiro atoms. The normalized spacial score (nSPS) is 11.9. The summed E-state index contributed by atoms with van der Waals surface area (Å²) in [4.78, 5) is 18.4. The third-order valence-electron chi connectivity index (χ3n) is 5.76. The van der Waals surface area contributed by atoms with Gasteiger partial charge in [0.15, 0.2) is 5.78 Å². The minimum absolute atomic E-state index is 0.206. The highest BCUT2D eigenvalue weighted by molar-refractivity contribution is 6.43. The van der Waals surface area contributed by atoms with Crippen LogP contribution in [0.3, 0.4) is 0 Å².